The molecule has 0 aliphatic rings. The molecular formula is C29H21N3O7. The third kappa shape index (κ3) is 5.84. The fourth-order valence-electron chi connectivity index (χ4n) is 3.82. The van der Waals surface area contributed by atoms with Crippen LogP contribution >= 0.6 is 0 Å². The number of nitrogens with one attached hydrogen (secondary N) is 1. The van der Waals surface area contributed by atoms with Gasteiger partial charge in [-0.2, -0.15) is 5.26 Å². The number of nitriles is 1. The molecule has 1 N–H and O–H groups in total. The normalized spacial score (nSPS) is 10.8. The van der Waals surface area contributed by atoms with Gasteiger partial charge in [0.2, 0.25) is 0 Å². The van der Waals surface area contributed by atoms with Gasteiger partial charge in [0.15, 0.2) is 11.5 Å². The second-order valence-electron chi connectivity index (χ2n) is 8.09. The Bertz CT molecular complexity index is 1670. The van der Waals surface area contributed by atoms with Crippen LogP contribution in [0.3, 0.4) is 0 Å². The third-order valence-corrected chi connectivity index (χ3v) is 5.72. The number of nitrogens with zero attached hydrogens (tertiary/aromatic N) is 2. The fourth-order valence-corrected chi connectivity index (χ4v) is 3.82. The lowest BCUT2D eigenvalue weighted by Crippen LogP contribution is -2.14. The van der Waals surface area contributed by atoms with Gasteiger partial charge in [0.05, 0.1) is 36.5 Å². The summed E-state index contributed by atoms with van der Waals surface area (Å²) in [6.45, 7) is 0. The van der Waals surface area contributed by atoms with Crippen LogP contribution in [0.1, 0.15) is 15.9 Å². The molecule has 0 fully saturated rings. The number of hydrogen-bond acceptors (Lipinski definition) is 8. The predicted molar refractivity (Wildman–Crippen MR) is 144 cm³/mol. The van der Waals surface area contributed by atoms with Crippen molar-refractivity contribution in [1.82, 2.24) is 0 Å². The highest BCUT2D eigenvalue weighted by molar-refractivity contribution is 6.10. The number of rotatable bonds is 8. The van der Waals surface area contributed by atoms with Crippen molar-refractivity contribution in [2.45, 2.75) is 0 Å². The van der Waals surface area contributed by atoms with Crippen LogP contribution in [0.4, 0.5) is 11.4 Å². The first-order chi connectivity index (χ1) is 18.8. The molecular weight excluding hydrogens is 502 g/mol. The number of methoxy groups -OCH3 is 2. The first-order valence-corrected chi connectivity index (χ1v) is 11.5. The van der Waals surface area contributed by atoms with Crippen LogP contribution in [0, 0.1) is 21.4 Å². The van der Waals surface area contributed by atoms with Crippen LogP contribution in [-0.4, -0.2) is 31.0 Å². The number of fused-ring (bicyclic) bond motifs is 1. The number of ether oxygens (including phenoxy) is 3. The maximum atomic E-state index is 12.9. The number of amides is 1. The van der Waals surface area contributed by atoms with Crippen molar-refractivity contribution in [1.29, 1.82) is 5.26 Å². The van der Waals surface area contributed by atoms with Crippen LogP contribution in [0.2, 0.25) is 0 Å². The second kappa shape index (κ2) is 11.6. The Kier molecular flexibility index (Phi) is 7.83. The van der Waals surface area contributed by atoms with Gasteiger partial charge in [-0.1, -0.05) is 42.5 Å². The number of benzene rings is 4. The van der Waals surface area contributed by atoms with Gasteiger partial charge >= 0.3 is 5.97 Å². The number of hydrogen-bond donors (Lipinski definition) is 1. The maximum Gasteiger partial charge on any atom is 0.344 e. The molecule has 0 bridgehead atoms. The van der Waals surface area contributed by atoms with Gasteiger partial charge in [0.1, 0.15) is 17.4 Å². The molecule has 0 saturated heterocycles. The zero-order valence-corrected chi connectivity index (χ0v) is 20.8. The average molecular weight is 524 g/mol. The molecule has 0 heterocycles. The van der Waals surface area contributed by atoms with Crippen molar-refractivity contribution < 1.29 is 28.7 Å². The highest BCUT2D eigenvalue weighted by atomic mass is 16.6. The molecule has 39 heavy (non-hydrogen) atoms. The monoisotopic (exact) mass is 523 g/mol. The van der Waals surface area contributed by atoms with Crippen molar-refractivity contribution in [3.63, 3.8) is 0 Å². The zero-order valence-electron chi connectivity index (χ0n) is 20.8. The lowest BCUT2D eigenvalue weighted by Gasteiger charge is -2.12. The van der Waals surface area contributed by atoms with Gasteiger partial charge in [-0.25, -0.2) is 4.79 Å². The van der Waals surface area contributed by atoms with E-state index in [1.807, 2.05) is 36.4 Å². The predicted octanol–water partition coefficient (Wildman–Crippen LogP) is 5.53. The molecule has 1 amide bonds. The summed E-state index contributed by atoms with van der Waals surface area (Å²) in [4.78, 5) is 36.1. The quantitative estimate of drug-likeness (QED) is 0.0794. The Morgan fingerprint density at radius 3 is 2.38 bits per heavy atom. The number of nitro benzene ring substituents is 1. The van der Waals surface area contributed by atoms with E-state index in [1.165, 1.54) is 44.6 Å². The van der Waals surface area contributed by atoms with E-state index in [4.69, 9.17) is 14.2 Å². The van der Waals surface area contributed by atoms with E-state index in [2.05, 4.69) is 5.32 Å². The Balaban J connectivity index is 1.56. The molecule has 0 aliphatic carbocycles. The number of carbonyl (C=O) groups is 2. The van der Waals surface area contributed by atoms with Crippen molar-refractivity contribution in [3.8, 4) is 23.3 Å². The van der Waals surface area contributed by atoms with Gasteiger partial charge in [-0.15, -0.1) is 0 Å². The first kappa shape index (κ1) is 26.4. The van der Waals surface area contributed by atoms with E-state index in [1.54, 1.807) is 18.2 Å². The van der Waals surface area contributed by atoms with Gasteiger partial charge in [-0.3, -0.25) is 14.9 Å². The summed E-state index contributed by atoms with van der Waals surface area (Å²) in [7, 11) is 2.70. The van der Waals surface area contributed by atoms with Gasteiger partial charge < -0.3 is 19.5 Å². The molecule has 4 aromatic rings. The minimum absolute atomic E-state index is 0.0638. The van der Waals surface area contributed by atoms with Gasteiger partial charge in [0.25, 0.3) is 11.6 Å². The molecule has 10 nitrogen and oxygen atoms in total. The summed E-state index contributed by atoms with van der Waals surface area (Å²) >= 11 is 0. The molecule has 4 aromatic carbocycles. The van der Waals surface area contributed by atoms with E-state index in [0.717, 1.165) is 16.8 Å². The van der Waals surface area contributed by atoms with E-state index in [9.17, 15) is 25.0 Å². The van der Waals surface area contributed by atoms with E-state index in [-0.39, 0.29) is 34.2 Å². The summed E-state index contributed by atoms with van der Waals surface area (Å²) in [6, 6.07) is 22.9. The number of carbonyl (C=O) groups excluding carboxylic acids is 2. The summed E-state index contributed by atoms with van der Waals surface area (Å²) in [5, 5.41) is 24.7. The summed E-state index contributed by atoms with van der Waals surface area (Å²) in [6.07, 6.45) is 1.33. The summed E-state index contributed by atoms with van der Waals surface area (Å²) in [5.74, 6) is -0.885. The first-order valence-electron chi connectivity index (χ1n) is 11.5. The lowest BCUT2D eigenvalue weighted by molar-refractivity contribution is -0.384. The minimum Gasteiger partial charge on any atom is -0.494 e. The number of esters is 1. The Hall–Kier alpha value is -5.69. The number of non-ortho nitro benzene ring substituents is 1. The highest BCUT2D eigenvalue weighted by Gasteiger charge is 2.18. The van der Waals surface area contributed by atoms with E-state index < -0.39 is 16.8 Å². The molecule has 0 aliphatic heterocycles. The Labute approximate surface area is 222 Å². The summed E-state index contributed by atoms with van der Waals surface area (Å²) in [5.41, 5.74) is 0.512. The lowest BCUT2D eigenvalue weighted by atomic mass is 10.0. The summed E-state index contributed by atoms with van der Waals surface area (Å²) < 4.78 is 16.1. The van der Waals surface area contributed by atoms with E-state index >= 15 is 0 Å². The average Bonchev–Trinajstić information content (AvgIpc) is 2.96. The molecule has 0 aromatic heterocycles. The van der Waals surface area contributed by atoms with Crippen LogP contribution in [-0.2, 0) is 4.79 Å². The molecule has 194 valence electrons. The molecule has 0 radical (unpaired) electrons. The molecule has 0 atom stereocenters. The number of nitro groups is 1. The minimum atomic E-state index is -0.755. The molecule has 0 unspecified atom stereocenters. The van der Waals surface area contributed by atoms with Crippen molar-refractivity contribution in [2.24, 2.45) is 0 Å². The van der Waals surface area contributed by atoms with E-state index in [0.29, 0.717) is 11.1 Å². The third-order valence-electron chi connectivity index (χ3n) is 5.72. The zero-order chi connectivity index (χ0) is 27.9. The van der Waals surface area contributed by atoms with Gasteiger partial charge in [-0.05, 0) is 46.7 Å². The van der Waals surface area contributed by atoms with Crippen LogP contribution in [0.25, 0.3) is 16.8 Å². The van der Waals surface area contributed by atoms with Crippen molar-refractivity contribution in [2.75, 3.05) is 19.5 Å². The maximum absolute atomic E-state index is 12.9. The van der Waals surface area contributed by atoms with Crippen molar-refractivity contribution >= 4 is 40.1 Å². The van der Waals surface area contributed by atoms with Crippen LogP contribution in [0.5, 0.6) is 17.2 Å². The smallest absolute Gasteiger partial charge is 0.344 e. The largest absolute Gasteiger partial charge is 0.494 e. The fraction of sp³-hybridized carbons (Fsp3) is 0.0690. The van der Waals surface area contributed by atoms with Crippen LogP contribution < -0.4 is 19.5 Å². The number of anilines is 1. The standard InChI is InChI=1S/C29H21N3O7/c1-37-26-16-21(32(35)36)11-12-24(26)31-28(33)20(17-30)14-18-10-13-25(27(15-18)38-2)39-29(34)23-9-5-7-19-6-3-4-8-22(19)23/h3-16H,1-2H3,(H,31,33)/b20-14+. The SMILES string of the molecule is COc1cc([N+](=O)[O-])ccc1NC(=O)/C(C#N)=C/c1ccc(OC(=O)c2cccc3ccccc23)c(OC)c1. The molecule has 0 saturated carbocycles. The van der Waals surface area contributed by atoms with Crippen molar-refractivity contribution in [3.05, 3.63) is 106 Å². The second-order valence-corrected chi connectivity index (χ2v) is 8.09. The van der Waals surface area contributed by atoms with Gasteiger partial charge in [0, 0.05) is 6.07 Å². The Morgan fingerprint density at radius 2 is 1.67 bits per heavy atom. The molecule has 10 heteroatoms. The molecule has 0 spiro atoms. The Morgan fingerprint density at radius 1 is 0.923 bits per heavy atom. The highest BCUT2D eigenvalue weighted by Crippen LogP contribution is 2.32. The van der Waals surface area contributed by atoms with Crippen LogP contribution in [0.15, 0.2) is 84.4 Å². The molecule has 4 rings (SSSR count). The topological polar surface area (TPSA) is 141 Å².